The molecule has 1 aliphatic carbocycles. The zero-order valence-electron chi connectivity index (χ0n) is 30.0. The molecule has 2 bridgehead atoms. The molecule has 0 aromatic heterocycles. The van der Waals surface area contributed by atoms with Crippen molar-refractivity contribution in [3.05, 3.63) is 89.1 Å². The molecule has 0 spiro atoms. The molecule has 1 unspecified atom stereocenters. The molecule has 6 heteroatoms. The summed E-state index contributed by atoms with van der Waals surface area (Å²) >= 11 is 0. The number of hydrogen-bond acceptors (Lipinski definition) is 6. The SMILES string of the molecule is CC(C)(C)Nc1cc(N2CCCCC2)ccc1C1=CC2=CC=CC3=CC(c4ccc(N5CCCCC5)cc4NC(C)(C)C)=NC(=N1)C3C2. The van der Waals surface area contributed by atoms with Gasteiger partial charge >= 0.3 is 0 Å². The Hall–Kier alpha value is -4.06. The molecule has 7 rings (SSSR count). The van der Waals surface area contributed by atoms with Gasteiger partial charge in [-0.15, -0.1) is 0 Å². The van der Waals surface area contributed by atoms with E-state index < -0.39 is 0 Å². The van der Waals surface area contributed by atoms with Crippen molar-refractivity contribution in [2.75, 3.05) is 46.6 Å². The van der Waals surface area contributed by atoms with Crippen LogP contribution in [0.5, 0.6) is 0 Å². The highest BCUT2D eigenvalue weighted by Crippen LogP contribution is 2.40. The fraction of sp³-hybridized carbons (Fsp3) is 0.476. The van der Waals surface area contributed by atoms with Crippen LogP contribution in [0.15, 0.2) is 87.9 Å². The Balaban J connectivity index is 1.31. The van der Waals surface area contributed by atoms with E-state index in [-0.39, 0.29) is 17.0 Å². The number of allylic oxidation sites excluding steroid dienone is 6. The van der Waals surface area contributed by atoms with Crippen molar-refractivity contribution in [3.8, 4) is 0 Å². The maximum atomic E-state index is 5.45. The Morgan fingerprint density at radius 2 is 1.23 bits per heavy atom. The lowest BCUT2D eigenvalue weighted by molar-refractivity contribution is 0.577. The van der Waals surface area contributed by atoms with Gasteiger partial charge in [0.2, 0.25) is 0 Å². The van der Waals surface area contributed by atoms with Crippen LogP contribution in [0.25, 0.3) is 5.70 Å². The van der Waals surface area contributed by atoms with E-state index in [1.165, 1.54) is 61.0 Å². The van der Waals surface area contributed by atoms with Crippen LogP contribution in [0, 0.1) is 5.92 Å². The van der Waals surface area contributed by atoms with Gasteiger partial charge in [-0.2, -0.15) is 0 Å². The van der Waals surface area contributed by atoms with Gasteiger partial charge < -0.3 is 20.4 Å². The van der Waals surface area contributed by atoms with Crippen LogP contribution in [0.2, 0.25) is 0 Å². The number of amidine groups is 1. The fourth-order valence-corrected chi connectivity index (χ4v) is 7.64. The van der Waals surface area contributed by atoms with Gasteiger partial charge in [-0.3, -0.25) is 0 Å². The van der Waals surface area contributed by atoms with Gasteiger partial charge in [-0.25, -0.2) is 9.98 Å². The first-order valence-electron chi connectivity index (χ1n) is 18.3. The third-order valence-corrected chi connectivity index (χ3v) is 9.87. The number of fused-ring (bicyclic) bond motifs is 1. The molecular formula is C42H54N6. The molecule has 2 fully saturated rings. The molecule has 2 aromatic rings. The molecule has 2 aromatic carbocycles. The monoisotopic (exact) mass is 642 g/mol. The number of dihydropyridines is 1. The van der Waals surface area contributed by atoms with Crippen LogP contribution in [-0.4, -0.2) is 48.8 Å². The van der Waals surface area contributed by atoms with Gasteiger partial charge in [0.25, 0.3) is 0 Å². The smallest absolute Gasteiger partial charge is 0.137 e. The zero-order chi connectivity index (χ0) is 33.5. The van der Waals surface area contributed by atoms with Gasteiger partial charge in [0.15, 0.2) is 0 Å². The lowest BCUT2D eigenvalue weighted by Crippen LogP contribution is -2.31. The van der Waals surface area contributed by atoms with Gasteiger partial charge in [0.1, 0.15) is 5.84 Å². The summed E-state index contributed by atoms with van der Waals surface area (Å²) in [4.78, 5) is 15.9. The van der Waals surface area contributed by atoms with Crippen LogP contribution < -0.4 is 20.4 Å². The van der Waals surface area contributed by atoms with Crippen molar-refractivity contribution in [1.82, 2.24) is 0 Å². The lowest BCUT2D eigenvalue weighted by atomic mass is 9.88. The third-order valence-electron chi connectivity index (χ3n) is 9.87. The Morgan fingerprint density at radius 3 is 1.81 bits per heavy atom. The minimum absolute atomic E-state index is 0.0895. The summed E-state index contributed by atoms with van der Waals surface area (Å²) in [6.07, 6.45) is 19.9. The summed E-state index contributed by atoms with van der Waals surface area (Å²) in [7, 11) is 0. The predicted octanol–water partition coefficient (Wildman–Crippen LogP) is 9.77. The van der Waals surface area contributed by atoms with Crippen molar-refractivity contribution in [1.29, 1.82) is 0 Å². The molecule has 0 saturated carbocycles. The second-order valence-electron chi connectivity index (χ2n) is 16.3. The number of nitrogens with zero attached hydrogens (tertiary/aromatic N) is 4. The van der Waals surface area contributed by atoms with Gasteiger partial charge in [-0.05, 0) is 146 Å². The molecule has 2 saturated heterocycles. The summed E-state index contributed by atoms with van der Waals surface area (Å²) in [5, 5.41) is 7.67. The van der Waals surface area contributed by atoms with Crippen LogP contribution in [0.1, 0.15) is 97.6 Å². The highest BCUT2D eigenvalue weighted by Gasteiger charge is 2.31. The Labute approximate surface area is 288 Å². The lowest BCUT2D eigenvalue weighted by Gasteiger charge is -2.31. The number of anilines is 4. The topological polar surface area (TPSA) is 55.3 Å². The van der Waals surface area contributed by atoms with Crippen LogP contribution in [0.4, 0.5) is 22.7 Å². The second kappa shape index (κ2) is 13.1. The summed E-state index contributed by atoms with van der Waals surface area (Å²) in [6, 6.07) is 13.8. The van der Waals surface area contributed by atoms with Crippen molar-refractivity contribution >= 4 is 40.0 Å². The van der Waals surface area contributed by atoms with E-state index in [4.69, 9.17) is 9.98 Å². The average Bonchev–Trinajstić information content (AvgIpc) is 3.37. The highest BCUT2D eigenvalue weighted by atomic mass is 15.1. The number of aliphatic imine (C=N–C) groups is 2. The average molecular weight is 643 g/mol. The van der Waals surface area contributed by atoms with E-state index in [0.717, 1.165) is 72.3 Å². The quantitative estimate of drug-likeness (QED) is 0.329. The maximum Gasteiger partial charge on any atom is 0.137 e. The molecule has 1 atom stereocenters. The van der Waals surface area contributed by atoms with Crippen LogP contribution in [0.3, 0.4) is 0 Å². The molecule has 0 amide bonds. The largest absolute Gasteiger partial charge is 0.380 e. The minimum Gasteiger partial charge on any atom is -0.380 e. The van der Waals surface area contributed by atoms with Crippen LogP contribution >= 0.6 is 0 Å². The summed E-state index contributed by atoms with van der Waals surface area (Å²) in [5.74, 6) is 1.03. The molecule has 4 heterocycles. The van der Waals surface area contributed by atoms with Gasteiger partial charge in [0, 0.05) is 77.1 Å². The van der Waals surface area contributed by atoms with Gasteiger partial charge in [-0.1, -0.05) is 18.2 Å². The Kier molecular flexibility index (Phi) is 8.86. The predicted molar refractivity (Wildman–Crippen MR) is 207 cm³/mol. The molecule has 4 aliphatic heterocycles. The van der Waals surface area contributed by atoms with E-state index in [1.54, 1.807) is 0 Å². The first-order chi connectivity index (χ1) is 23.0. The standard InChI is InChI=1S/C42H54N6/c1-41(2,3)45-38-27-31(47-20-9-7-10-21-47)16-18-33(38)36-25-29-14-13-15-30-26-37(44-40(43-36)35(30)24-29)34-19-17-32(48-22-11-8-12-23-48)28-39(34)46-42(4,5)6/h13-19,25-28,35,45-46H,7-12,20-24H2,1-6H3. The Bertz CT molecular complexity index is 1730. The van der Waals surface area contributed by atoms with Crippen molar-refractivity contribution < 1.29 is 0 Å². The fourth-order valence-electron chi connectivity index (χ4n) is 7.64. The summed E-state index contributed by atoms with van der Waals surface area (Å²) < 4.78 is 0. The first-order valence-corrected chi connectivity index (χ1v) is 18.3. The van der Waals surface area contributed by atoms with Gasteiger partial charge in [0.05, 0.1) is 11.4 Å². The van der Waals surface area contributed by atoms with Crippen molar-refractivity contribution in [2.45, 2.75) is 97.6 Å². The molecular weight excluding hydrogens is 589 g/mol. The number of hydrogen-bond donors (Lipinski definition) is 2. The normalized spacial score (nSPS) is 21.3. The van der Waals surface area contributed by atoms with Crippen molar-refractivity contribution in [2.24, 2.45) is 15.9 Å². The number of rotatable bonds is 6. The minimum atomic E-state index is -0.0913. The molecule has 252 valence electrons. The van der Waals surface area contributed by atoms with E-state index >= 15 is 0 Å². The first kappa shape index (κ1) is 32.5. The number of nitrogens with one attached hydrogen (secondary N) is 2. The summed E-state index contributed by atoms with van der Waals surface area (Å²) in [5.41, 5.74) is 11.4. The van der Waals surface area contributed by atoms with E-state index in [9.17, 15) is 0 Å². The third kappa shape index (κ3) is 7.33. The molecule has 0 radical (unpaired) electrons. The number of benzene rings is 2. The summed E-state index contributed by atoms with van der Waals surface area (Å²) in [6.45, 7) is 17.9. The number of piperidine rings is 2. The molecule has 6 nitrogen and oxygen atoms in total. The van der Waals surface area contributed by atoms with Crippen LogP contribution in [-0.2, 0) is 0 Å². The van der Waals surface area contributed by atoms with E-state index in [0.29, 0.717) is 0 Å². The second-order valence-corrected chi connectivity index (χ2v) is 16.3. The molecule has 5 aliphatic rings. The zero-order valence-corrected chi connectivity index (χ0v) is 30.0. The van der Waals surface area contributed by atoms with Crippen molar-refractivity contribution in [3.63, 3.8) is 0 Å². The van der Waals surface area contributed by atoms with E-state index in [2.05, 4.69) is 129 Å². The molecule has 2 N–H and O–H groups in total. The van der Waals surface area contributed by atoms with E-state index in [1.807, 2.05) is 0 Å². The maximum absolute atomic E-state index is 5.45. The molecule has 48 heavy (non-hydrogen) atoms. The highest BCUT2D eigenvalue weighted by molar-refractivity contribution is 6.20. The Morgan fingerprint density at radius 1 is 0.667 bits per heavy atom.